The van der Waals surface area contributed by atoms with Crippen LogP contribution < -0.4 is 0 Å². The molecule has 1 aromatic heterocycles. The number of alkyl halides is 5. The molecule has 94 valence electrons. The van der Waals surface area contributed by atoms with Gasteiger partial charge < -0.3 is 5.11 Å². The Bertz CT molecular complexity index is 417. The average molecular weight is 273 g/mol. The number of pyridine rings is 1. The zero-order valence-corrected chi connectivity index (χ0v) is 8.65. The molecule has 0 radical (unpaired) electrons. The first-order chi connectivity index (χ1) is 7.63. The van der Waals surface area contributed by atoms with Crippen LogP contribution in [0.1, 0.15) is 5.56 Å². The molecule has 0 bridgehead atoms. The molecule has 3 nitrogen and oxygen atoms in total. The van der Waals surface area contributed by atoms with Crippen molar-refractivity contribution in [3.05, 3.63) is 23.9 Å². The Hall–Kier alpha value is -1.38. The smallest absolute Gasteiger partial charge is 0.417 e. The first kappa shape index (κ1) is 13.7. The van der Waals surface area contributed by atoms with E-state index in [0.29, 0.717) is 18.3 Å². The highest BCUT2D eigenvalue weighted by atomic mass is 32.2. The fourth-order valence-electron chi connectivity index (χ4n) is 0.783. The van der Waals surface area contributed by atoms with Gasteiger partial charge in [0.2, 0.25) is 0 Å². The van der Waals surface area contributed by atoms with Crippen LogP contribution in [-0.4, -0.2) is 21.3 Å². The number of rotatable bonds is 3. The van der Waals surface area contributed by atoms with Crippen LogP contribution in [-0.2, 0) is 11.0 Å². The fraction of sp³-hybridized carbons (Fsp3) is 0.250. The second kappa shape index (κ2) is 4.47. The Balaban J connectivity index is 2.86. The maximum atomic E-state index is 12.7. The minimum absolute atomic E-state index is 0.361. The van der Waals surface area contributed by atoms with E-state index >= 15 is 0 Å². The van der Waals surface area contributed by atoms with Gasteiger partial charge >= 0.3 is 17.4 Å². The van der Waals surface area contributed by atoms with E-state index in [4.69, 9.17) is 5.11 Å². The predicted molar refractivity (Wildman–Crippen MR) is 47.7 cm³/mol. The van der Waals surface area contributed by atoms with Crippen molar-refractivity contribution in [3.8, 4) is 0 Å². The molecule has 1 aromatic rings. The lowest BCUT2D eigenvalue weighted by atomic mass is 10.3. The number of nitrogens with zero attached hydrogens (tertiary/aromatic N) is 1. The fourth-order valence-corrected chi connectivity index (χ4v) is 1.37. The highest BCUT2D eigenvalue weighted by molar-refractivity contribution is 8.01. The normalized spacial score (nSPS) is 12.5. The van der Waals surface area contributed by atoms with Crippen molar-refractivity contribution < 1.29 is 31.9 Å². The van der Waals surface area contributed by atoms with E-state index in [1.807, 2.05) is 0 Å². The summed E-state index contributed by atoms with van der Waals surface area (Å²) in [5.41, 5.74) is -1.10. The molecular formula is C8H4F5NO2S. The van der Waals surface area contributed by atoms with Crippen LogP contribution in [0.2, 0.25) is 0 Å². The third-order valence-corrected chi connectivity index (χ3v) is 2.43. The van der Waals surface area contributed by atoms with Gasteiger partial charge in [-0.15, -0.1) is 0 Å². The molecule has 0 aromatic carbocycles. The molecule has 0 saturated carbocycles. The van der Waals surface area contributed by atoms with Crippen molar-refractivity contribution in [1.29, 1.82) is 0 Å². The first-order valence-corrected chi connectivity index (χ1v) is 4.78. The van der Waals surface area contributed by atoms with Gasteiger partial charge in [-0.2, -0.15) is 22.0 Å². The Morgan fingerprint density at radius 3 is 2.18 bits per heavy atom. The Morgan fingerprint density at radius 2 is 1.82 bits per heavy atom. The molecule has 0 atom stereocenters. The lowest BCUT2D eigenvalue weighted by molar-refractivity contribution is -0.153. The number of carboxylic acid groups (broad SMARTS) is 1. The molecule has 0 spiro atoms. The minimum atomic E-state index is -4.62. The van der Waals surface area contributed by atoms with Gasteiger partial charge in [-0.3, -0.25) is 0 Å². The molecule has 1 N–H and O–H groups in total. The lowest BCUT2D eigenvalue weighted by Gasteiger charge is -2.10. The third kappa shape index (κ3) is 3.55. The summed E-state index contributed by atoms with van der Waals surface area (Å²) in [4.78, 5) is 13.2. The van der Waals surface area contributed by atoms with Crippen LogP contribution >= 0.6 is 11.8 Å². The number of halogens is 5. The molecule has 17 heavy (non-hydrogen) atoms. The average Bonchev–Trinajstić information content (AvgIpc) is 2.16. The largest absolute Gasteiger partial charge is 0.476 e. The lowest BCUT2D eigenvalue weighted by Crippen LogP contribution is -2.23. The van der Waals surface area contributed by atoms with Gasteiger partial charge in [0, 0.05) is 6.20 Å². The molecule has 0 unspecified atom stereocenters. The summed E-state index contributed by atoms with van der Waals surface area (Å²) < 4.78 is 61.6. The summed E-state index contributed by atoms with van der Waals surface area (Å²) in [6.45, 7) is 0. The number of carboxylic acids is 1. The van der Waals surface area contributed by atoms with Crippen molar-refractivity contribution in [2.45, 2.75) is 16.5 Å². The van der Waals surface area contributed by atoms with Crippen LogP contribution in [0.5, 0.6) is 0 Å². The van der Waals surface area contributed by atoms with E-state index in [1.54, 1.807) is 0 Å². The quantitative estimate of drug-likeness (QED) is 0.679. The summed E-state index contributed by atoms with van der Waals surface area (Å²) in [5.74, 6) is -2.39. The molecule has 0 saturated heterocycles. The van der Waals surface area contributed by atoms with Crippen LogP contribution in [0.15, 0.2) is 23.4 Å². The Morgan fingerprint density at radius 1 is 1.24 bits per heavy atom. The Labute approximate surface area is 95.7 Å². The molecule has 0 aliphatic heterocycles. The van der Waals surface area contributed by atoms with Gasteiger partial charge in [0.05, 0.1) is 5.56 Å². The van der Waals surface area contributed by atoms with E-state index in [9.17, 15) is 26.7 Å². The zero-order chi connectivity index (χ0) is 13.3. The Kier molecular flexibility index (Phi) is 3.60. The highest BCUT2D eigenvalue weighted by Gasteiger charge is 2.41. The second-order valence-corrected chi connectivity index (χ2v) is 3.94. The monoisotopic (exact) mass is 273 g/mol. The standard InChI is InChI=1S/C8H4F5NO2S/c9-7(10,11)4-1-2-5(14-3-4)17-8(12,13)6(15)16/h1-3H,(H,15,16). The molecule has 0 amide bonds. The van der Waals surface area contributed by atoms with Crippen molar-refractivity contribution in [2.24, 2.45) is 0 Å². The van der Waals surface area contributed by atoms with E-state index in [2.05, 4.69) is 4.98 Å². The van der Waals surface area contributed by atoms with Gasteiger partial charge in [-0.25, -0.2) is 9.78 Å². The summed E-state index contributed by atoms with van der Waals surface area (Å²) in [7, 11) is 0. The van der Waals surface area contributed by atoms with Crippen LogP contribution in [0, 0.1) is 0 Å². The van der Waals surface area contributed by atoms with Crippen LogP contribution in [0.4, 0.5) is 22.0 Å². The maximum Gasteiger partial charge on any atom is 0.417 e. The van der Waals surface area contributed by atoms with Crippen molar-refractivity contribution in [1.82, 2.24) is 4.98 Å². The predicted octanol–water partition coefficient (Wildman–Crippen LogP) is 2.87. The third-order valence-electron chi connectivity index (χ3n) is 1.55. The minimum Gasteiger partial charge on any atom is -0.476 e. The first-order valence-electron chi connectivity index (χ1n) is 3.96. The topological polar surface area (TPSA) is 50.2 Å². The van der Waals surface area contributed by atoms with Gasteiger partial charge in [-0.05, 0) is 23.9 Å². The number of aliphatic carboxylic acids is 1. The zero-order valence-electron chi connectivity index (χ0n) is 7.83. The summed E-state index contributed by atoms with van der Waals surface area (Å²) in [6.07, 6.45) is -4.26. The maximum absolute atomic E-state index is 12.7. The van der Waals surface area contributed by atoms with Crippen molar-refractivity contribution in [2.75, 3.05) is 0 Å². The van der Waals surface area contributed by atoms with Gasteiger partial charge in [0.15, 0.2) is 0 Å². The molecule has 0 fully saturated rings. The molecule has 1 heterocycles. The molecular weight excluding hydrogens is 269 g/mol. The van der Waals surface area contributed by atoms with Crippen LogP contribution in [0.3, 0.4) is 0 Å². The molecule has 0 aliphatic carbocycles. The number of hydrogen-bond donors (Lipinski definition) is 1. The van der Waals surface area contributed by atoms with Gasteiger partial charge in [0.1, 0.15) is 5.03 Å². The summed E-state index contributed by atoms with van der Waals surface area (Å²) in [6, 6.07) is 1.23. The highest BCUT2D eigenvalue weighted by Crippen LogP contribution is 2.36. The summed E-state index contributed by atoms with van der Waals surface area (Å²) in [5, 5.41) is 3.47. The SMILES string of the molecule is O=C(O)C(F)(F)Sc1ccc(C(F)(F)F)cn1. The number of hydrogen-bond acceptors (Lipinski definition) is 3. The van der Waals surface area contributed by atoms with Crippen molar-refractivity contribution >= 4 is 17.7 Å². The second-order valence-electron chi connectivity index (χ2n) is 2.81. The van der Waals surface area contributed by atoms with Crippen LogP contribution in [0.25, 0.3) is 0 Å². The molecule has 0 aliphatic rings. The molecule has 9 heteroatoms. The van der Waals surface area contributed by atoms with E-state index in [-0.39, 0.29) is 0 Å². The van der Waals surface area contributed by atoms with E-state index in [1.165, 1.54) is 0 Å². The summed E-state index contributed by atoms with van der Waals surface area (Å²) >= 11 is -0.438. The number of aromatic nitrogens is 1. The van der Waals surface area contributed by atoms with E-state index in [0.717, 1.165) is 0 Å². The van der Waals surface area contributed by atoms with E-state index < -0.39 is 39.8 Å². The van der Waals surface area contributed by atoms with Gasteiger partial charge in [0.25, 0.3) is 0 Å². The van der Waals surface area contributed by atoms with Gasteiger partial charge in [-0.1, -0.05) is 0 Å². The number of thioether (sulfide) groups is 1. The molecule has 1 rings (SSSR count). The van der Waals surface area contributed by atoms with Crippen molar-refractivity contribution in [3.63, 3.8) is 0 Å². The number of carbonyl (C=O) groups is 1.